The van der Waals surface area contributed by atoms with Crippen molar-refractivity contribution in [2.45, 2.75) is 58.4 Å². The fourth-order valence-electron chi connectivity index (χ4n) is 4.76. The normalized spacial score (nSPS) is 14.5. The lowest BCUT2D eigenvalue weighted by Gasteiger charge is -2.20. The number of aryl methyl sites for hydroxylation is 1. The molecule has 0 radical (unpaired) electrons. The topological polar surface area (TPSA) is 88.8 Å². The van der Waals surface area contributed by atoms with E-state index in [1.165, 1.54) is 40.0 Å². The maximum Gasteiger partial charge on any atom is 0.435 e. The van der Waals surface area contributed by atoms with Crippen LogP contribution in [0.3, 0.4) is 0 Å². The third-order valence-electron chi connectivity index (χ3n) is 7.05. The van der Waals surface area contributed by atoms with E-state index in [0.29, 0.717) is 11.1 Å². The number of halogens is 4. The Hall–Kier alpha value is -4.15. The summed E-state index contributed by atoms with van der Waals surface area (Å²) in [6.07, 6.45) is 1.30. The van der Waals surface area contributed by atoms with Gasteiger partial charge in [0.25, 0.3) is 11.6 Å². The number of rotatable bonds is 8. The third kappa shape index (κ3) is 5.73. The second kappa shape index (κ2) is 10.4. The van der Waals surface area contributed by atoms with Crippen LogP contribution in [0.15, 0.2) is 59.5 Å². The second-order valence-electron chi connectivity index (χ2n) is 10.5. The van der Waals surface area contributed by atoms with Crippen molar-refractivity contribution in [1.29, 1.82) is 5.41 Å². The molecule has 0 aliphatic heterocycles. The first kappa shape index (κ1) is 27.4. The lowest BCUT2D eigenvalue weighted by molar-refractivity contribution is -0.141. The van der Waals surface area contributed by atoms with Crippen molar-refractivity contribution in [2.75, 3.05) is 0 Å². The highest BCUT2D eigenvalue weighted by atomic mass is 19.4. The van der Waals surface area contributed by atoms with Crippen LogP contribution in [0.25, 0.3) is 11.1 Å². The number of carbonyl (C=O) groups is 1. The fourth-order valence-corrected chi connectivity index (χ4v) is 4.76. The smallest absolute Gasteiger partial charge is 0.432 e. The molecule has 1 aliphatic carbocycles. The van der Waals surface area contributed by atoms with Crippen LogP contribution in [0.5, 0.6) is 0 Å². The SMILES string of the molecule is Cc1cc([C@@H](NC(=O)c2cc(Cn3ccoc3=N)cc(-c3cn(C(C)C)nc3C(F)(F)F)c2)C2CC2)ccc1F. The van der Waals surface area contributed by atoms with Crippen molar-refractivity contribution >= 4 is 5.91 Å². The monoisotopic (exact) mass is 555 g/mol. The predicted octanol–water partition coefficient (Wildman–Crippen LogP) is 6.40. The molecule has 2 aromatic carbocycles. The van der Waals surface area contributed by atoms with E-state index in [1.54, 1.807) is 45.0 Å². The Morgan fingerprint density at radius 2 is 1.95 bits per heavy atom. The Balaban J connectivity index is 1.57. The van der Waals surface area contributed by atoms with Crippen LogP contribution in [0.4, 0.5) is 17.6 Å². The summed E-state index contributed by atoms with van der Waals surface area (Å²) in [5.41, 5.74) is 0.765. The molecule has 1 amide bonds. The molecule has 1 aliphatic rings. The average molecular weight is 556 g/mol. The number of alkyl halides is 3. The molecule has 40 heavy (non-hydrogen) atoms. The summed E-state index contributed by atoms with van der Waals surface area (Å²) in [6, 6.07) is 8.64. The highest BCUT2D eigenvalue weighted by Crippen LogP contribution is 2.42. The number of carbonyl (C=O) groups excluding carboxylic acids is 1. The summed E-state index contributed by atoms with van der Waals surface area (Å²) in [5.74, 6) is -0.616. The number of nitrogens with zero attached hydrogens (tertiary/aromatic N) is 3. The quantitative estimate of drug-likeness (QED) is 0.247. The number of aromatic nitrogens is 3. The molecule has 0 unspecified atom stereocenters. The first-order valence-corrected chi connectivity index (χ1v) is 13.0. The average Bonchev–Trinajstić information content (AvgIpc) is 3.48. The molecule has 0 saturated heterocycles. The van der Waals surface area contributed by atoms with Gasteiger partial charge in [-0.15, -0.1) is 0 Å². The molecule has 7 nitrogen and oxygen atoms in total. The van der Waals surface area contributed by atoms with E-state index in [4.69, 9.17) is 9.83 Å². The highest BCUT2D eigenvalue weighted by molar-refractivity contribution is 5.96. The molecule has 5 rings (SSSR count). The fraction of sp³-hybridized carbons (Fsp3) is 0.345. The van der Waals surface area contributed by atoms with E-state index in [9.17, 15) is 22.4 Å². The molecule has 1 saturated carbocycles. The van der Waals surface area contributed by atoms with Crippen molar-refractivity contribution in [1.82, 2.24) is 19.7 Å². The zero-order valence-corrected chi connectivity index (χ0v) is 22.2. The first-order valence-electron chi connectivity index (χ1n) is 13.0. The van der Waals surface area contributed by atoms with Gasteiger partial charge >= 0.3 is 6.18 Å². The van der Waals surface area contributed by atoms with E-state index >= 15 is 0 Å². The van der Waals surface area contributed by atoms with Crippen LogP contribution >= 0.6 is 0 Å². The van der Waals surface area contributed by atoms with Gasteiger partial charge in [-0.05, 0) is 86.1 Å². The molecule has 1 fully saturated rings. The summed E-state index contributed by atoms with van der Waals surface area (Å²) in [4.78, 5) is 13.6. The lowest BCUT2D eigenvalue weighted by Crippen LogP contribution is -2.30. The van der Waals surface area contributed by atoms with Crippen molar-refractivity contribution in [3.05, 3.63) is 94.5 Å². The highest BCUT2D eigenvalue weighted by Gasteiger charge is 2.38. The van der Waals surface area contributed by atoms with Crippen molar-refractivity contribution in [3.8, 4) is 11.1 Å². The Labute approximate surface area is 228 Å². The van der Waals surface area contributed by atoms with Gasteiger partial charge in [-0.25, -0.2) is 4.39 Å². The lowest BCUT2D eigenvalue weighted by atomic mass is 9.97. The zero-order valence-electron chi connectivity index (χ0n) is 22.2. The van der Waals surface area contributed by atoms with Gasteiger partial charge in [-0.3, -0.25) is 19.5 Å². The van der Waals surface area contributed by atoms with Crippen molar-refractivity contribution in [3.63, 3.8) is 0 Å². The number of amides is 1. The first-order chi connectivity index (χ1) is 18.9. The maximum atomic E-state index is 14.0. The Bertz CT molecular complexity index is 1610. The zero-order chi connectivity index (χ0) is 28.8. The Morgan fingerprint density at radius 3 is 2.55 bits per heavy atom. The van der Waals surface area contributed by atoms with Gasteiger partial charge in [0.05, 0.1) is 12.6 Å². The van der Waals surface area contributed by atoms with Gasteiger partial charge in [0, 0.05) is 29.6 Å². The standard InChI is InChI=1S/C29H29F4N5O2/c1-16(2)38-15-23(26(36-38)29(31,32)33)21-11-18(14-37-8-9-40-28(37)34)12-22(13-21)27(39)35-25(19-4-5-19)20-6-7-24(30)17(3)10-20/h6-13,15-16,19,25,34H,4-5,14H2,1-3H3,(H,35,39)/t25-/m0/s1. The second-order valence-corrected chi connectivity index (χ2v) is 10.5. The number of oxazole rings is 1. The van der Waals surface area contributed by atoms with Gasteiger partial charge in [0.2, 0.25) is 0 Å². The number of nitrogens with one attached hydrogen (secondary N) is 2. The molecule has 210 valence electrons. The minimum Gasteiger partial charge on any atom is -0.432 e. The van der Waals surface area contributed by atoms with E-state index in [-0.39, 0.29) is 52.7 Å². The number of hydrogen-bond donors (Lipinski definition) is 2. The van der Waals surface area contributed by atoms with Gasteiger partial charge < -0.3 is 9.73 Å². The third-order valence-corrected chi connectivity index (χ3v) is 7.05. The van der Waals surface area contributed by atoms with E-state index in [2.05, 4.69) is 10.4 Å². The summed E-state index contributed by atoms with van der Waals surface area (Å²) < 4.78 is 63.7. The van der Waals surface area contributed by atoms with Gasteiger partial charge in [0.15, 0.2) is 5.69 Å². The summed E-state index contributed by atoms with van der Waals surface area (Å²) in [7, 11) is 0. The van der Waals surface area contributed by atoms with Crippen LogP contribution in [0.2, 0.25) is 0 Å². The van der Waals surface area contributed by atoms with Crippen LogP contribution in [-0.4, -0.2) is 20.3 Å². The van der Waals surface area contributed by atoms with Gasteiger partial charge in [-0.1, -0.05) is 12.1 Å². The van der Waals surface area contributed by atoms with Crippen LogP contribution in [0.1, 0.15) is 71.5 Å². The minimum atomic E-state index is -4.71. The van der Waals surface area contributed by atoms with E-state index < -0.39 is 17.8 Å². The van der Waals surface area contributed by atoms with Crippen LogP contribution in [-0.2, 0) is 12.7 Å². The summed E-state index contributed by atoms with van der Waals surface area (Å²) in [6.45, 7) is 5.22. The maximum absolute atomic E-state index is 14.0. The van der Waals surface area contributed by atoms with Crippen LogP contribution < -0.4 is 11.0 Å². The largest absolute Gasteiger partial charge is 0.435 e. The molecule has 2 aromatic heterocycles. The Morgan fingerprint density at radius 1 is 1.20 bits per heavy atom. The molecule has 4 aromatic rings. The number of benzene rings is 2. The number of hydrogen-bond acceptors (Lipinski definition) is 4. The van der Waals surface area contributed by atoms with Crippen molar-refractivity contribution < 1.29 is 26.8 Å². The summed E-state index contributed by atoms with van der Waals surface area (Å²) >= 11 is 0. The Kier molecular flexibility index (Phi) is 7.16. The molecule has 2 N–H and O–H groups in total. The van der Waals surface area contributed by atoms with Gasteiger partial charge in [-0.2, -0.15) is 18.3 Å². The molecular weight excluding hydrogens is 526 g/mol. The molecule has 2 heterocycles. The summed E-state index contributed by atoms with van der Waals surface area (Å²) in [5, 5.41) is 14.8. The molecule has 1 atom stereocenters. The predicted molar refractivity (Wildman–Crippen MR) is 139 cm³/mol. The molecule has 11 heteroatoms. The minimum absolute atomic E-state index is 0.104. The molecule has 0 bridgehead atoms. The molecular formula is C29H29F4N5O2. The van der Waals surface area contributed by atoms with E-state index in [0.717, 1.165) is 18.4 Å². The molecule has 0 spiro atoms. The van der Waals surface area contributed by atoms with Crippen LogP contribution in [0, 0.1) is 24.1 Å². The van der Waals surface area contributed by atoms with Gasteiger partial charge in [0.1, 0.15) is 12.1 Å². The van der Waals surface area contributed by atoms with Crippen molar-refractivity contribution in [2.24, 2.45) is 5.92 Å². The van der Waals surface area contributed by atoms with E-state index in [1.807, 2.05) is 0 Å².